The Labute approximate surface area is 193 Å². The van der Waals surface area contributed by atoms with Gasteiger partial charge in [-0.15, -0.1) is 0 Å². The lowest BCUT2D eigenvalue weighted by atomic mass is 10.1. The number of aromatic nitrogens is 3. The zero-order valence-electron chi connectivity index (χ0n) is 17.5. The first-order valence-electron chi connectivity index (χ1n) is 10.0. The number of halogens is 2. The van der Waals surface area contributed by atoms with Gasteiger partial charge in [0, 0.05) is 17.4 Å². The van der Waals surface area contributed by atoms with E-state index in [2.05, 4.69) is 15.4 Å². The third-order valence-corrected chi connectivity index (χ3v) is 5.00. The zero-order valence-corrected chi connectivity index (χ0v) is 18.2. The molecule has 4 aromatic rings. The molecule has 1 N–H and O–H groups in total. The van der Waals surface area contributed by atoms with E-state index >= 15 is 0 Å². The third-order valence-electron chi connectivity index (χ3n) is 4.69. The number of hydrogen-bond donors (Lipinski definition) is 1. The van der Waals surface area contributed by atoms with E-state index in [0.717, 1.165) is 0 Å². The summed E-state index contributed by atoms with van der Waals surface area (Å²) in [5.41, 5.74) is 1.93. The third kappa shape index (κ3) is 4.75. The van der Waals surface area contributed by atoms with Crippen molar-refractivity contribution in [1.82, 2.24) is 14.8 Å². The monoisotopic (exact) mass is 464 g/mol. The first-order valence-corrected chi connectivity index (χ1v) is 10.4. The first-order chi connectivity index (χ1) is 16.0. The van der Waals surface area contributed by atoms with Gasteiger partial charge in [0.05, 0.1) is 17.9 Å². The van der Waals surface area contributed by atoms with Crippen molar-refractivity contribution in [3.05, 3.63) is 95.2 Å². The topological polar surface area (TPSA) is 86.1 Å². The maximum atomic E-state index is 14.6. The average molecular weight is 465 g/mol. The van der Waals surface area contributed by atoms with Crippen LogP contribution in [0.15, 0.2) is 72.9 Å². The number of nitrogens with zero attached hydrogens (tertiary/aromatic N) is 3. The number of esters is 1. The maximum absolute atomic E-state index is 14.6. The van der Waals surface area contributed by atoms with Crippen LogP contribution in [0, 0.1) is 5.82 Å². The molecule has 7 nitrogen and oxygen atoms in total. The quantitative estimate of drug-likeness (QED) is 0.315. The molecule has 33 heavy (non-hydrogen) atoms. The smallest absolute Gasteiger partial charge is 0.358 e. The SMILES string of the molecule is CCOC(=O)c1cc(-c2cccc(NC(=O)c3cccnc3Cl)c2)n(-c2ccccc2F)n1. The molecule has 166 valence electrons. The summed E-state index contributed by atoms with van der Waals surface area (Å²) in [7, 11) is 0. The summed E-state index contributed by atoms with van der Waals surface area (Å²) in [6, 6.07) is 17.6. The van der Waals surface area contributed by atoms with Crippen molar-refractivity contribution >= 4 is 29.2 Å². The van der Waals surface area contributed by atoms with Crippen LogP contribution in [0.1, 0.15) is 27.8 Å². The molecule has 2 aromatic carbocycles. The van der Waals surface area contributed by atoms with E-state index in [-0.39, 0.29) is 28.7 Å². The zero-order chi connectivity index (χ0) is 23.4. The van der Waals surface area contributed by atoms with Crippen molar-refractivity contribution in [3.8, 4) is 16.9 Å². The molecule has 1 amide bonds. The van der Waals surface area contributed by atoms with Crippen molar-refractivity contribution < 1.29 is 18.7 Å². The Kier molecular flexibility index (Phi) is 6.46. The van der Waals surface area contributed by atoms with Crippen molar-refractivity contribution in [2.45, 2.75) is 6.92 Å². The van der Waals surface area contributed by atoms with Crippen molar-refractivity contribution in [1.29, 1.82) is 0 Å². The van der Waals surface area contributed by atoms with E-state index in [1.54, 1.807) is 61.5 Å². The molecule has 0 aliphatic rings. The summed E-state index contributed by atoms with van der Waals surface area (Å²) in [6.07, 6.45) is 1.49. The maximum Gasteiger partial charge on any atom is 0.358 e. The summed E-state index contributed by atoms with van der Waals surface area (Å²) in [5, 5.41) is 7.13. The molecule has 0 unspecified atom stereocenters. The van der Waals surface area contributed by atoms with Crippen LogP contribution < -0.4 is 5.32 Å². The van der Waals surface area contributed by atoms with Gasteiger partial charge in [-0.3, -0.25) is 4.79 Å². The lowest BCUT2D eigenvalue weighted by Crippen LogP contribution is -2.13. The molecule has 0 atom stereocenters. The highest BCUT2D eigenvalue weighted by Gasteiger charge is 2.20. The molecule has 4 rings (SSSR count). The van der Waals surface area contributed by atoms with Crippen LogP contribution in [0.2, 0.25) is 5.15 Å². The molecule has 2 heterocycles. The highest BCUT2D eigenvalue weighted by atomic mass is 35.5. The summed E-state index contributed by atoms with van der Waals surface area (Å²) in [5.74, 6) is -1.56. The van der Waals surface area contributed by atoms with E-state index in [9.17, 15) is 14.0 Å². The van der Waals surface area contributed by atoms with E-state index in [0.29, 0.717) is 16.9 Å². The minimum absolute atomic E-state index is 0.0340. The molecular formula is C24H18ClFN4O3. The van der Waals surface area contributed by atoms with Crippen molar-refractivity contribution in [2.24, 2.45) is 0 Å². The van der Waals surface area contributed by atoms with Gasteiger partial charge >= 0.3 is 5.97 Å². The van der Waals surface area contributed by atoms with Gasteiger partial charge in [-0.05, 0) is 49.4 Å². The van der Waals surface area contributed by atoms with Gasteiger partial charge in [0.1, 0.15) is 16.7 Å². The number of nitrogens with one attached hydrogen (secondary N) is 1. The molecule has 0 aliphatic carbocycles. The van der Waals surface area contributed by atoms with Crippen LogP contribution in [-0.2, 0) is 4.74 Å². The molecule has 2 aromatic heterocycles. The number of carbonyl (C=O) groups excluding carboxylic acids is 2. The molecule has 0 aliphatic heterocycles. The number of benzene rings is 2. The minimum atomic E-state index is -0.621. The lowest BCUT2D eigenvalue weighted by Gasteiger charge is -2.11. The predicted octanol–water partition coefficient (Wildman–Crippen LogP) is 5.16. The van der Waals surface area contributed by atoms with Gasteiger partial charge in [-0.1, -0.05) is 35.9 Å². The number of pyridine rings is 1. The summed E-state index contributed by atoms with van der Waals surface area (Å²) in [4.78, 5) is 28.8. The summed E-state index contributed by atoms with van der Waals surface area (Å²) in [6.45, 7) is 1.87. The first kappa shape index (κ1) is 22.2. The molecule has 0 fully saturated rings. The van der Waals surface area contributed by atoms with Gasteiger partial charge in [0.25, 0.3) is 5.91 Å². The highest BCUT2D eigenvalue weighted by Crippen LogP contribution is 2.28. The lowest BCUT2D eigenvalue weighted by molar-refractivity contribution is 0.0518. The fourth-order valence-corrected chi connectivity index (χ4v) is 3.41. The van der Waals surface area contributed by atoms with Gasteiger partial charge in [-0.25, -0.2) is 18.9 Å². The molecule has 0 spiro atoms. The Morgan fingerprint density at radius 1 is 1.09 bits per heavy atom. The van der Waals surface area contributed by atoms with E-state index in [1.165, 1.54) is 23.0 Å². The fraction of sp³-hybridized carbons (Fsp3) is 0.0833. The minimum Gasteiger partial charge on any atom is -0.461 e. The van der Waals surface area contributed by atoms with E-state index < -0.39 is 17.7 Å². The molecule has 0 bridgehead atoms. The molecule has 0 saturated heterocycles. The average Bonchev–Trinajstić information content (AvgIpc) is 3.25. The Morgan fingerprint density at radius 2 is 1.91 bits per heavy atom. The molecule has 0 radical (unpaired) electrons. The van der Waals surface area contributed by atoms with Crippen LogP contribution in [0.5, 0.6) is 0 Å². The van der Waals surface area contributed by atoms with Crippen LogP contribution in [-0.4, -0.2) is 33.2 Å². The summed E-state index contributed by atoms with van der Waals surface area (Å²) < 4.78 is 20.9. The van der Waals surface area contributed by atoms with Crippen LogP contribution >= 0.6 is 11.6 Å². The number of carbonyl (C=O) groups is 2. The Morgan fingerprint density at radius 3 is 2.67 bits per heavy atom. The fourth-order valence-electron chi connectivity index (χ4n) is 3.21. The summed E-state index contributed by atoms with van der Waals surface area (Å²) >= 11 is 6.01. The molecular weight excluding hydrogens is 447 g/mol. The number of rotatable bonds is 6. The molecule has 9 heteroatoms. The van der Waals surface area contributed by atoms with Crippen molar-refractivity contribution in [2.75, 3.05) is 11.9 Å². The Bertz CT molecular complexity index is 1340. The second-order valence-electron chi connectivity index (χ2n) is 6.88. The standard InChI is InChI=1S/C24H18ClFN4O3/c1-2-33-24(32)19-14-21(30(29-19)20-11-4-3-10-18(20)26)15-7-5-8-16(13-15)28-23(31)17-9-6-12-27-22(17)25/h3-14H,2H2,1H3,(H,28,31). The van der Waals surface area contributed by atoms with Gasteiger partial charge < -0.3 is 10.1 Å². The van der Waals surface area contributed by atoms with E-state index in [1.807, 2.05) is 0 Å². The van der Waals surface area contributed by atoms with Gasteiger partial charge in [0.2, 0.25) is 0 Å². The van der Waals surface area contributed by atoms with Crippen LogP contribution in [0.25, 0.3) is 16.9 Å². The van der Waals surface area contributed by atoms with E-state index in [4.69, 9.17) is 16.3 Å². The highest BCUT2D eigenvalue weighted by molar-refractivity contribution is 6.33. The normalized spacial score (nSPS) is 10.6. The number of para-hydroxylation sites is 1. The van der Waals surface area contributed by atoms with Crippen LogP contribution in [0.3, 0.4) is 0 Å². The number of amides is 1. The molecule has 0 saturated carbocycles. The largest absolute Gasteiger partial charge is 0.461 e. The van der Waals surface area contributed by atoms with Gasteiger partial charge in [0.15, 0.2) is 5.69 Å². The van der Waals surface area contributed by atoms with Crippen LogP contribution in [0.4, 0.5) is 10.1 Å². The number of ether oxygens (including phenoxy) is 1. The van der Waals surface area contributed by atoms with Gasteiger partial charge in [-0.2, -0.15) is 5.10 Å². The predicted molar refractivity (Wildman–Crippen MR) is 122 cm³/mol. The second-order valence-corrected chi connectivity index (χ2v) is 7.23. The number of anilines is 1. The Hall–Kier alpha value is -4.04. The second kappa shape index (κ2) is 9.62. The van der Waals surface area contributed by atoms with Crippen molar-refractivity contribution in [3.63, 3.8) is 0 Å². The number of hydrogen-bond acceptors (Lipinski definition) is 5. The Balaban J connectivity index is 1.74.